The van der Waals surface area contributed by atoms with Crippen molar-refractivity contribution in [2.75, 3.05) is 17.5 Å². The second kappa shape index (κ2) is 9.50. The lowest BCUT2D eigenvalue weighted by molar-refractivity contribution is -0.124. The van der Waals surface area contributed by atoms with Crippen LogP contribution in [0.1, 0.15) is 24.5 Å². The number of carbonyl (C=O) groups is 1. The van der Waals surface area contributed by atoms with Crippen molar-refractivity contribution >= 4 is 21.6 Å². The third kappa shape index (κ3) is 7.38. The molecule has 0 saturated carbocycles. The Labute approximate surface area is 160 Å². The maximum atomic E-state index is 13.7. The molecule has 0 spiro atoms. The molecule has 0 fully saturated rings. The quantitative estimate of drug-likeness (QED) is 0.644. The van der Waals surface area contributed by atoms with E-state index in [1.165, 1.54) is 6.07 Å². The summed E-state index contributed by atoms with van der Waals surface area (Å²) in [7, 11) is -3.28. The number of amides is 1. The van der Waals surface area contributed by atoms with E-state index in [1.807, 2.05) is 12.1 Å². The van der Waals surface area contributed by atoms with Gasteiger partial charge in [-0.15, -0.1) is 0 Å². The van der Waals surface area contributed by atoms with E-state index in [0.717, 1.165) is 24.7 Å². The van der Waals surface area contributed by atoms with Crippen LogP contribution in [0.3, 0.4) is 0 Å². The Bertz CT molecular complexity index is 867. The minimum Gasteiger partial charge on any atom is -0.356 e. The van der Waals surface area contributed by atoms with E-state index < -0.39 is 10.0 Å². The molecule has 0 radical (unpaired) electrons. The topological polar surface area (TPSA) is 75.3 Å². The molecule has 0 heterocycles. The highest BCUT2D eigenvalue weighted by molar-refractivity contribution is 7.92. The molecule has 0 bridgehead atoms. The number of rotatable bonds is 9. The molecule has 146 valence electrons. The van der Waals surface area contributed by atoms with Crippen LogP contribution in [0.15, 0.2) is 48.5 Å². The summed E-state index contributed by atoms with van der Waals surface area (Å²) < 4.78 is 38.4. The van der Waals surface area contributed by atoms with Crippen molar-refractivity contribution in [1.82, 2.24) is 5.32 Å². The van der Waals surface area contributed by atoms with E-state index in [1.54, 1.807) is 37.3 Å². The van der Waals surface area contributed by atoms with Gasteiger partial charge in [0.1, 0.15) is 5.82 Å². The summed E-state index contributed by atoms with van der Waals surface area (Å²) in [6, 6.07) is 13.6. The van der Waals surface area contributed by atoms with Gasteiger partial charge < -0.3 is 5.32 Å². The van der Waals surface area contributed by atoms with Crippen LogP contribution in [-0.2, 0) is 27.7 Å². The Hall–Kier alpha value is -2.41. The molecule has 5 nitrogen and oxygen atoms in total. The number of carbonyl (C=O) groups excluding carboxylic acids is 1. The number of benzene rings is 2. The second-order valence-electron chi connectivity index (χ2n) is 6.66. The summed E-state index contributed by atoms with van der Waals surface area (Å²) in [5, 5.41) is 2.88. The fourth-order valence-electron chi connectivity index (χ4n) is 2.72. The van der Waals surface area contributed by atoms with Crippen LogP contribution >= 0.6 is 0 Å². The molecular formula is C20H25FN2O3S. The highest BCUT2D eigenvalue weighted by atomic mass is 32.2. The van der Waals surface area contributed by atoms with Gasteiger partial charge in [0.25, 0.3) is 0 Å². The van der Waals surface area contributed by atoms with Crippen molar-refractivity contribution in [1.29, 1.82) is 0 Å². The number of halogens is 1. The average Bonchev–Trinajstić information content (AvgIpc) is 2.60. The number of nitrogens with one attached hydrogen (secondary N) is 2. The molecular weight excluding hydrogens is 367 g/mol. The number of sulfonamides is 1. The van der Waals surface area contributed by atoms with Gasteiger partial charge in [-0.2, -0.15) is 0 Å². The molecule has 2 aromatic rings. The fourth-order valence-corrected chi connectivity index (χ4v) is 3.28. The van der Waals surface area contributed by atoms with Crippen LogP contribution < -0.4 is 10.0 Å². The molecule has 2 aromatic carbocycles. The van der Waals surface area contributed by atoms with Crippen molar-refractivity contribution in [3.05, 3.63) is 65.5 Å². The minimum atomic E-state index is -3.28. The van der Waals surface area contributed by atoms with Crippen LogP contribution in [0.2, 0.25) is 0 Å². The van der Waals surface area contributed by atoms with E-state index in [0.29, 0.717) is 24.2 Å². The minimum absolute atomic E-state index is 0.0917. The van der Waals surface area contributed by atoms with Gasteiger partial charge in [0, 0.05) is 18.2 Å². The Morgan fingerprint density at radius 3 is 2.41 bits per heavy atom. The van der Waals surface area contributed by atoms with Gasteiger partial charge in [-0.1, -0.05) is 37.3 Å². The lowest BCUT2D eigenvalue weighted by atomic mass is 10.00. The van der Waals surface area contributed by atoms with Crippen LogP contribution in [-0.4, -0.2) is 27.1 Å². The van der Waals surface area contributed by atoms with Gasteiger partial charge in [-0.05, 0) is 48.6 Å². The first-order chi connectivity index (χ1) is 12.7. The highest BCUT2D eigenvalue weighted by Crippen LogP contribution is 2.14. The van der Waals surface area contributed by atoms with Crippen molar-refractivity contribution in [3.8, 4) is 0 Å². The summed E-state index contributed by atoms with van der Waals surface area (Å²) in [6.07, 6.45) is 3.00. The number of anilines is 1. The van der Waals surface area contributed by atoms with Crippen molar-refractivity contribution in [2.24, 2.45) is 5.92 Å². The zero-order valence-electron chi connectivity index (χ0n) is 15.5. The predicted octanol–water partition coefficient (Wildman–Crippen LogP) is 3.12. The number of hydrogen-bond acceptors (Lipinski definition) is 3. The largest absolute Gasteiger partial charge is 0.356 e. The maximum absolute atomic E-state index is 13.7. The molecule has 0 aliphatic heterocycles. The molecule has 1 atom stereocenters. The maximum Gasteiger partial charge on any atom is 0.229 e. The SMILES string of the molecule is CC(Cc1ccccc1F)C(=O)NCCCc1ccc(NS(C)(=O)=O)cc1. The molecule has 27 heavy (non-hydrogen) atoms. The van der Waals surface area contributed by atoms with Crippen LogP contribution in [0.5, 0.6) is 0 Å². The molecule has 0 saturated heterocycles. The van der Waals surface area contributed by atoms with E-state index >= 15 is 0 Å². The first-order valence-electron chi connectivity index (χ1n) is 8.82. The summed E-state index contributed by atoms with van der Waals surface area (Å²) in [6.45, 7) is 2.32. The second-order valence-corrected chi connectivity index (χ2v) is 8.41. The fraction of sp³-hybridized carbons (Fsp3) is 0.350. The third-order valence-electron chi connectivity index (χ3n) is 4.13. The van der Waals surface area contributed by atoms with Crippen LogP contribution in [0.25, 0.3) is 0 Å². The van der Waals surface area contributed by atoms with Crippen molar-refractivity contribution in [2.45, 2.75) is 26.2 Å². The van der Waals surface area contributed by atoms with Gasteiger partial charge in [-0.25, -0.2) is 12.8 Å². The normalized spacial score (nSPS) is 12.4. The molecule has 2 rings (SSSR count). The summed E-state index contributed by atoms with van der Waals surface area (Å²) in [5.41, 5.74) is 2.13. The van der Waals surface area contributed by atoms with Crippen LogP contribution in [0, 0.1) is 11.7 Å². The summed E-state index contributed by atoms with van der Waals surface area (Å²) in [5.74, 6) is -0.680. The smallest absolute Gasteiger partial charge is 0.229 e. The molecule has 0 aliphatic carbocycles. The number of hydrogen-bond donors (Lipinski definition) is 2. The Morgan fingerprint density at radius 1 is 1.11 bits per heavy atom. The first-order valence-corrected chi connectivity index (χ1v) is 10.7. The molecule has 0 aliphatic rings. The lowest BCUT2D eigenvalue weighted by Crippen LogP contribution is -2.31. The zero-order valence-corrected chi connectivity index (χ0v) is 16.4. The number of aryl methyl sites for hydroxylation is 1. The van der Waals surface area contributed by atoms with E-state index in [2.05, 4.69) is 10.0 Å². The van der Waals surface area contributed by atoms with Gasteiger partial charge in [-0.3, -0.25) is 9.52 Å². The Kier molecular flexibility index (Phi) is 7.36. The highest BCUT2D eigenvalue weighted by Gasteiger charge is 2.14. The van der Waals surface area contributed by atoms with Crippen molar-refractivity contribution < 1.29 is 17.6 Å². The van der Waals surface area contributed by atoms with Gasteiger partial charge >= 0.3 is 0 Å². The van der Waals surface area contributed by atoms with E-state index in [-0.39, 0.29) is 17.6 Å². The summed E-state index contributed by atoms with van der Waals surface area (Å²) >= 11 is 0. The summed E-state index contributed by atoms with van der Waals surface area (Å²) in [4.78, 5) is 12.1. The standard InChI is InChI=1S/C20H25FN2O3S/c1-15(14-17-7-3-4-8-19(17)21)20(24)22-13-5-6-16-9-11-18(12-10-16)23-27(2,25)26/h3-4,7-12,15,23H,5-6,13-14H2,1-2H3,(H,22,24). The average molecular weight is 392 g/mol. The molecule has 1 unspecified atom stereocenters. The van der Waals surface area contributed by atoms with Crippen LogP contribution in [0.4, 0.5) is 10.1 Å². The Morgan fingerprint density at radius 2 is 1.78 bits per heavy atom. The predicted molar refractivity (Wildman–Crippen MR) is 106 cm³/mol. The van der Waals surface area contributed by atoms with Gasteiger partial charge in [0.15, 0.2) is 0 Å². The molecule has 0 aromatic heterocycles. The monoisotopic (exact) mass is 392 g/mol. The Balaban J connectivity index is 1.73. The third-order valence-corrected chi connectivity index (χ3v) is 4.74. The molecule has 7 heteroatoms. The van der Waals surface area contributed by atoms with Gasteiger partial charge in [0.05, 0.1) is 6.26 Å². The zero-order chi connectivity index (χ0) is 19.9. The van der Waals surface area contributed by atoms with E-state index in [4.69, 9.17) is 0 Å². The van der Waals surface area contributed by atoms with Crippen molar-refractivity contribution in [3.63, 3.8) is 0 Å². The molecule has 2 N–H and O–H groups in total. The first kappa shape index (κ1) is 20.9. The van der Waals surface area contributed by atoms with Gasteiger partial charge in [0.2, 0.25) is 15.9 Å². The van der Waals surface area contributed by atoms with E-state index in [9.17, 15) is 17.6 Å². The lowest BCUT2D eigenvalue weighted by Gasteiger charge is -2.13. The molecule has 1 amide bonds.